The van der Waals surface area contributed by atoms with Crippen molar-refractivity contribution in [1.29, 1.82) is 0 Å². The second kappa shape index (κ2) is 10.2. The highest BCUT2D eigenvalue weighted by Gasteiger charge is 2.21. The minimum Gasteiger partial charge on any atom is -0.497 e. The molecule has 1 aromatic heterocycles. The molecule has 156 valence electrons. The highest BCUT2D eigenvalue weighted by atomic mass is 35.5. The van der Waals surface area contributed by atoms with Crippen LogP contribution in [0.2, 0.25) is 5.15 Å². The van der Waals surface area contributed by atoms with E-state index in [1.54, 1.807) is 33.5 Å². The number of nitrogens with one attached hydrogen (secondary N) is 2. The van der Waals surface area contributed by atoms with Crippen LogP contribution in [0, 0.1) is 0 Å². The summed E-state index contributed by atoms with van der Waals surface area (Å²) >= 11 is 5.83. The molecule has 0 radical (unpaired) electrons. The Morgan fingerprint density at radius 3 is 2.41 bits per heavy atom. The molecule has 0 unspecified atom stereocenters. The number of ether oxygens (including phenoxy) is 2. The van der Waals surface area contributed by atoms with Gasteiger partial charge in [-0.1, -0.05) is 17.7 Å². The number of benzene rings is 1. The van der Waals surface area contributed by atoms with Gasteiger partial charge in [0, 0.05) is 62.8 Å². The van der Waals surface area contributed by atoms with E-state index in [2.05, 4.69) is 37.6 Å². The number of aromatic nitrogens is 1. The maximum Gasteiger partial charge on any atom is 0.191 e. The monoisotopic (exact) mass is 417 g/mol. The summed E-state index contributed by atoms with van der Waals surface area (Å²) in [6.07, 6.45) is 3.80. The van der Waals surface area contributed by atoms with Gasteiger partial charge in [-0.15, -0.1) is 0 Å². The third kappa shape index (κ3) is 5.90. The maximum absolute atomic E-state index is 5.83. The molecule has 1 aromatic carbocycles. The second-order valence-electron chi connectivity index (χ2n) is 6.89. The first-order chi connectivity index (χ1) is 14.1. The van der Waals surface area contributed by atoms with Gasteiger partial charge in [0.05, 0.1) is 14.2 Å². The zero-order chi connectivity index (χ0) is 20.6. The van der Waals surface area contributed by atoms with Gasteiger partial charge in [-0.3, -0.25) is 4.99 Å². The van der Waals surface area contributed by atoms with E-state index in [1.165, 1.54) is 0 Å². The lowest BCUT2D eigenvalue weighted by Crippen LogP contribution is -2.48. The van der Waals surface area contributed by atoms with Crippen molar-refractivity contribution in [3.05, 3.63) is 47.2 Å². The fraction of sp³-hybridized carbons (Fsp3) is 0.429. The van der Waals surface area contributed by atoms with Crippen LogP contribution in [0.15, 0.2) is 41.5 Å². The Labute approximate surface area is 177 Å². The molecule has 1 aliphatic heterocycles. The summed E-state index contributed by atoms with van der Waals surface area (Å²) in [7, 11) is 5.13. The summed E-state index contributed by atoms with van der Waals surface area (Å²) in [5, 5.41) is 7.35. The number of halogens is 1. The molecule has 7 nitrogen and oxygen atoms in total. The first-order valence-corrected chi connectivity index (χ1v) is 10.0. The Hall–Kier alpha value is -2.67. The molecule has 3 rings (SSSR count). The van der Waals surface area contributed by atoms with E-state index in [1.807, 2.05) is 12.1 Å². The highest BCUT2D eigenvalue weighted by molar-refractivity contribution is 6.29. The number of guanidine groups is 1. The average Bonchev–Trinajstić information content (AvgIpc) is 2.77. The summed E-state index contributed by atoms with van der Waals surface area (Å²) in [5.41, 5.74) is 2.18. The standard InChI is InChI=1S/C21H28ClN5O2/c1-23-21(25-14-15-4-5-20(22)24-13-15)26-16-6-8-27(9-7-16)17-10-18(28-2)12-19(11-17)29-3/h4-5,10-13,16H,6-9,14H2,1-3H3,(H2,23,25,26). The van der Waals surface area contributed by atoms with E-state index in [0.717, 1.165) is 54.6 Å². The van der Waals surface area contributed by atoms with Gasteiger partial charge in [0.15, 0.2) is 5.96 Å². The number of hydrogen-bond acceptors (Lipinski definition) is 5. The molecule has 0 saturated carbocycles. The van der Waals surface area contributed by atoms with E-state index in [0.29, 0.717) is 17.7 Å². The molecule has 1 fully saturated rings. The van der Waals surface area contributed by atoms with E-state index in [9.17, 15) is 0 Å². The fourth-order valence-corrected chi connectivity index (χ4v) is 3.45. The SMILES string of the molecule is CN=C(NCc1ccc(Cl)nc1)NC1CCN(c2cc(OC)cc(OC)c2)CC1. The molecule has 29 heavy (non-hydrogen) atoms. The zero-order valence-corrected chi connectivity index (χ0v) is 17.9. The van der Waals surface area contributed by atoms with Crippen LogP contribution < -0.4 is 25.0 Å². The van der Waals surface area contributed by atoms with Crippen LogP contribution >= 0.6 is 11.6 Å². The molecule has 2 heterocycles. The molecule has 0 spiro atoms. The van der Waals surface area contributed by atoms with Gasteiger partial charge >= 0.3 is 0 Å². The summed E-state index contributed by atoms with van der Waals surface area (Å²) in [4.78, 5) is 10.8. The molecule has 8 heteroatoms. The van der Waals surface area contributed by atoms with Crippen LogP contribution in [-0.2, 0) is 6.54 Å². The van der Waals surface area contributed by atoms with Crippen molar-refractivity contribution in [2.45, 2.75) is 25.4 Å². The van der Waals surface area contributed by atoms with Crippen molar-refractivity contribution in [2.75, 3.05) is 39.3 Å². The van der Waals surface area contributed by atoms with E-state index >= 15 is 0 Å². The van der Waals surface area contributed by atoms with Crippen molar-refractivity contribution in [1.82, 2.24) is 15.6 Å². The van der Waals surface area contributed by atoms with Gasteiger partial charge in [0.1, 0.15) is 16.7 Å². The predicted molar refractivity (Wildman–Crippen MR) is 117 cm³/mol. The third-order valence-corrected chi connectivity index (χ3v) is 5.23. The van der Waals surface area contributed by atoms with Crippen molar-refractivity contribution in [2.24, 2.45) is 4.99 Å². The number of anilines is 1. The number of rotatable bonds is 6. The molecule has 1 aliphatic rings. The van der Waals surface area contributed by atoms with Crippen LogP contribution in [-0.4, -0.2) is 51.3 Å². The van der Waals surface area contributed by atoms with Gasteiger partial charge in [-0.05, 0) is 24.5 Å². The van der Waals surface area contributed by atoms with Gasteiger partial charge < -0.3 is 25.0 Å². The first kappa shape index (κ1) is 21.0. The highest BCUT2D eigenvalue weighted by Crippen LogP contribution is 2.30. The van der Waals surface area contributed by atoms with Crippen molar-refractivity contribution in [3.63, 3.8) is 0 Å². The number of nitrogens with zero attached hydrogens (tertiary/aromatic N) is 3. The number of piperidine rings is 1. The van der Waals surface area contributed by atoms with Crippen molar-refractivity contribution in [3.8, 4) is 11.5 Å². The molecule has 0 aliphatic carbocycles. The number of hydrogen-bond donors (Lipinski definition) is 2. The summed E-state index contributed by atoms with van der Waals surface area (Å²) in [5.74, 6) is 2.41. The van der Waals surface area contributed by atoms with Gasteiger partial charge in [0.25, 0.3) is 0 Å². The summed E-state index contributed by atoms with van der Waals surface area (Å²) < 4.78 is 10.8. The van der Waals surface area contributed by atoms with Crippen LogP contribution in [0.1, 0.15) is 18.4 Å². The molecule has 0 bridgehead atoms. The van der Waals surface area contributed by atoms with E-state index in [-0.39, 0.29) is 0 Å². The fourth-order valence-electron chi connectivity index (χ4n) is 3.34. The molecular formula is C21H28ClN5O2. The molecule has 0 amide bonds. The lowest BCUT2D eigenvalue weighted by atomic mass is 10.0. The Morgan fingerprint density at radius 2 is 1.86 bits per heavy atom. The maximum atomic E-state index is 5.83. The van der Waals surface area contributed by atoms with E-state index < -0.39 is 0 Å². The minimum absolute atomic E-state index is 0.369. The summed E-state index contributed by atoms with van der Waals surface area (Å²) in [6.45, 7) is 2.55. The molecule has 0 atom stereocenters. The molecule has 1 saturated heterocycles. The van der Waals surface area contributed by atoms with Gasteiger partial charge in [-0.25, -0.2) is 4.98 Å². The topological polar surface area (TPSA) is 71.0 Å². The minimum atomic E-state index is 0.369. The smallest absolute Gasteiger partial charge is 0.191 e. The first-order valence-electron chi connectivity index (χ1n) is 9.67. The lowest BCUT2D eigenvalue weighted by Gasteiger charge is -2.34. The van der Waals surface area contributed by atoms with Crippen LogP contribution in [0.5, 0.6) is 11.5 Å². The average molecular weight is 418 g/mol. The largest absolute Gasteiger partial charge is 0.497 e. The number of pyridine rings is 1. The summed E-state index contributed by atoms with van der Waals surface area (Å²) in [6, 6.07) is 10.1. The predicted octanol–water partition coefficient (Wildman–Crippen LogP) is 3.09. The van der Waals surface area contributed by atoms with Crippen molar-refractivity contribution < 1.29 is 9.47 Å². The van der Waals surface area contributed by atoms with Crippen LogP contribution in [0.4, 0.5) is 5.69 Å². The normalized spacial score (nSPS) is 15.2. The van der Waals surface area contributed by atoms with Crippen LogP contribution in [0.3, 0.4) is 0 Å². The molecule has 2 aromatic rings. The lowest BCUT2D eigenvalue weighted by molar-refractivity contribution is 0.393. The Kier molecular flexibility index (Phi) is 7.41. The zero-order valence-electron chi connectivity index (χ0n) is 17.1. The quantitative estimate of drug-likeness (QED) is 0.427. The van der Waals surface area contributed by atoms with Crippen LogP contribution in [0.25, 0.3) is 0 Å². The van der Waals surface area contributed by atoms with Crippen molar-refractivity contribution >= 4 is 23.2 Å². The Morgan fingerprint density at radius 1 is 1.17 bits per heavy atom. The second-order valence-corrected chi connectivity index (χ2v) is 7.28. The van der Waals surface area contributed by atoms with E-state index in [4.69, 9.17) is 21.1 Å². The Balaban J connectivity index is 1.51. The third-order valence-electron chi connectivity index (χ3n) is 5.01. The molecule has 2 N–H and O–H groups in total. The number of aliphatic imine (C=N–C) groups is 1. The van der Waals surface area contributed by atoms with Gasteiger partial charge in [0.2, 0.25) is 0 Å². The Bertz CT molecular complexity index is 798. The molecular weight excluding hydrogens is 390 g/mol. The van der Waals surface area contributed by atoms with Gasteiger partial charge in [-0.2, -0.15) is 0 Å². The number of methoxy groups -OCH3 is 2.